The molecule has 7 nitrogen and oxygen atoms in total. The third-order valence-electron chi connectivity index (χ3n) is 4.25. The summed E-state index contributed by atoms with van der Waals surface area (Å²) in [4.78, 5) is 17.5. The number of hydrogen-bond donors (Lipinski definition) is 1. The minimum absolute atomic E-state index is 0.00395. The van der Waals surface area contributed by atoms with Crippen molar-refractivity contribution in [2.75, 3.05) is 6.54 Å². The third-order valence-corrected chi connectivity index (χ3v) is 4.25. The number of nitrogens with zero attached hydrogens (tertiary/aromatic N) is 3. The van der Waals surface area contributed by atoms with Gasteiger partial charge < -0.3 is 14.7 Å². The molecule has 1 aliphatic heterocycles. The predicted molar refractivity (Wildman–Crippen MR) is 81.4 cm³/mol. The average Bonchev–Trinajstić information content (AvgIpc) is 3.26. The van der Waals surface area contributed by atoms with E-state index in [2.05, 4.69) is 21.1 Å². The summed E-state index contributed by atoms with van der Waals surface area (Å²) in [6.45, 7) is 1.66. The van der Waals surface area contributed by atoms with Crippen LogP contribution >= 0.6 is 0 Å². The highest BCUT2D eigenvalue weighted by molar-refractivity contribution is 5.88. The number of carbonyl (C=O) groups is 1. The van der Waals surface area contributed by atoms with Crippen molar-refractivity contribution in [3.63, 3.8) is 0 Å². The lowest BCUT2D eigenvalue weighted by atomic mass is 10.1. The van der Waals surface area contributed by atoms with Crippen LogP contribution < -0.4 is 5.73 Å². The molecule has 118 valence electrons. The molecule has 0 saturated carbocycles. The van der Waals surface area contributed by atoms with Crippen LogP contribution in [0.5, 0.6) is 0 Å². The number of hydrogen-bond acceptors (Lipinski definition) is 6. The van der Waals surface area contributed by atoms with E-state index in [4.69, 9.17) is 14.7 Å². The molecular weight excluding hydrogens is 296 g/mol. The van der Waals surface area contributed by atoms with Crippen molar-refractivity contribution in [3.05, 3.63) is 47.8 Å². The van der Waals surface area contributed by atoms with Gasteiger partial charge in [-0.2, -0.15) is 4.98 Å². The molecule has 0 unspecified atom stereocenters. The maximum absolute atomic E-state index is 11.1. The first-order valence-corrected chi connectivity index (χ1v) is 7.55. The summed E-state index contributed by atoms with van der Waals surface area (Å²) in [5.74, 6) is -0.296. The zero-order valence-electron chi connectivity index (χ0n) is 12.4. The van der Waals surface area contributed by atoms with Crippen LogP contribution in [-0.4, -0.2) is 27.5 Å². The Kier molecular flexibility index (Phi) is 3.34. The Morgan fingerprint density at radius 1 is 1.39 bits per heavy atom. The summed E-state index contributed by atoms with van der Waals surface area (Å²) in [5.41, 5.74) is 7.19. The quantitative estimate of drug-likeness (QED) is 0.793. The Hall–Kier alpha value is -2.67. The Morgan fingerprint density at radius 3 is 3.09 bits per heavy atom. The van der Waals surface area contributed by atoms with Gasteiger partial charge in [0.15, 0.2) is 0 Å². The number of aromatic nitrogens is 2. The summed E-state index contributed by atoms with van der Waals surface area (Å²) >= 11 is 0. The molecular formula is C16H16N4O3. The number of benzene rings is 1. The van der Waals surface area contributed by atoms with Crippen LogP contribution in [0, 0.1) is 0 Å². The molecule has 1 amide bonds. The first-order chi connectivity index (χ1) is 11.2. The lowest BCUT2D eigenvalue weighted by molar-refractivity contribution is 0.0987. The van der Waals surface area contributed by atoms with E-state index in [0.29, 0.717) is 5.89 Å². The molecule has 0 radical (unpaired) electrons. The van der Waals surface area contributed by atoms with Crippen molar-refractivity contribution in [1.29, 1.82) is 0 Å². The van der Waals surface area contributed by atoms with Crippen LogP contribution in [0.4, 0.5) is 0 Å². The largest absolute Gasteiger partial charge is 0.464 e. The lowest BCUT2D eigenvalue weighted by Crippen LogP contribution is -2.23. The maximum atomic E-state index is 11.1. The highest BCUT2D eigenvalue weighted by Crippen LogP contribution is 2.33. The van der Waals surface area contributed by atoms with Gasteiger partial charge in [-0.05, 0) is 25.5 Å². The van der Waals surface area contributed by atoms with E-state index in [9.17, 15) is 4.79 Å². The van der Waals surface area contributed by atoms with Gasteiger partial charge in [0.2, 0.25) is 5.89 Å². The molecule has 2 N–H and O–H groups in total. The number of primary amides is 1. The molecule has 2 aromatic heterocycles. The van der Waals surface area contributed by atoms with Crippen LogP contribution in [0.1, 0.15) is 41.0 Å². The Labute approximate surface area is 132 Å². The van der Waals surface area contributed by atoms with Gasteiger partial charge in [0, 0.05) is 17.5 Å². The van der Waals surface area contributed by atoms with Crippen LogP contribution in [0.25, 0.3) is 11.0 Å². The summed E-state index contributed by atoms with van der Waals surface area (Å²) in [6, 6.07) is 7.97. The Bertz CT molecular complexity index is 854. The Balaban J connectivity index is 1.59. The standard InChI is InChI=1S/C16H16N4O3/c17-14(21)15-18-16(23-19-15)12-5-3-7-20(12)8-10-9-22-13-6-2-1-4-11(10)13/h1-2,4,6,9,12H,3,5,7-8H2,(H2,17,21)/t12-/m0/s1. The second kappa shape index (κ2) is 5.51. The number of rotatable bonds is 4. The number of para-hydroxylation sites is 1. The van der Waals surface area contributed by atoms with Crippen LogP contribution in [-0.2, 0) is 6.54 Å². The van der Waals surface area contributed by atoms with Gasteiger partial charge in [-0.25, -0.2) is 0 Å². The number of amides is 1. The van der Waals surface area contributed by atoms with E-state index < -0.39 is 5.91 Å². The molecule has 1 fully saturated rings. The van der Waals surface area contributed by atoms with Gasteiger partial charge in [0.05, 0.1) is 12.3 Å². The van der Waals surface area contributed by atoms with E-state index >= 15 is 0 Å². The third kappa shape index (κ3) is 2.49. The molecule has 0 bridgehead atoms. The minimum atomic E-state index is -0.676. The van der Waals surface area contributed by atoms with Gasteiger partial charge in [-0.15, -0.1) is 0 Å². The van der Waals surface area contributed by atoms with E-state index in [1.165, 1.54) is 0 Å². The summed E-state index contributed by atoms with van der Waals surface area (Å²) < 4.78 is 10.8. The molecule has 4 rings (SSSR count). The fourth-order valence-electron chi connectivity index (χ4n) is 3.14. The summed E-state index contributed by atoms with van der Waals surface area (Å²) in [6.07, 6.45) is 3.74. The van der Waals surface area contributed by atoms with Crippen molar-refractivity contribution in [1.82, 2.24) is 15.0 Å². The number of furan rings is 1. The van der Waals surface area contributed by atoms with Gasteiger partial charge in [-0.1, -0.05) is 23.4 Å². The van der Waals surface area contributed by atoms with Gasteiger partial charge >= 0.3 is 0 Å². The normalized spacial score (nSPS) is 18.7. The van der Waals surface area contributed by atoms with Crippen LogP contribution in [0.3, 0.4) is 0 Å². The van der Waals surface area contributed by atoms with E-state index in [-0.39, 0.29) is 11.9 Å². The van der Waals surface area contributed by atoms with Gasteiger partial charge in [-0.3, -0.25) is 9.69 Å². The molecule has 23 heavy (non-hydrogen) atoms. The number of carbonyl (C=O) groups excluding carboxylic acids is 1. The molecule has 0 spiro atoms. The first kappa shape index (κ1) is 14.0. The van der Waals surface area contributed by atoms with Crippen molar-refractivity contribution >= 4 is 16.9 Å². The van der Waals surface area contributed by atoms with E-state index in [1.54, 1.807) is 6.26 Å². The highest BCUT2D eigenvalue weighted by Gasteiger charge is 2.31. The second-order valence-electron chi connectivity index (χ2n) is 5.71. The summed E-state index contributed by atoms with van der Waals surface area (Å²) in [7, 11) is 0. The molecule has 1 atom stereocenters. The smallest absolute Gasteiger partial charge is 0.290 e. The van der Waals surface area contributed by atoms with E-state index in [1.807, 2.05) is 18.2 Å². The Morgan fingerprint density at radius 2 is 2.26 bits per heavy atom. The molecule has 1 aromatic carbocycles. The van der Waals surface area contributed by atoms with Gasteiger partial charge in [0.1, 0.15) is 5.58 Å². The fourth-order valence-corrected chi connectivity index (χ4v) is 3.14. The zero-order valence-corrected chi connectivity index (χ0v) is 12.4. The predicted octanol–water partition coefficient (Wildman–Crippen LogP) is 2.25. The number of fused-ring (bicyclic) bond motifs is 1. The molecule has 3 aromatic rings. The molecule has 0 aliphatic carbocycles. The molecule has 1 saturated heterocycles. The van der Waals surface area contributed by atoms with Crippen molar-refractivity contribution in [2.45, 2.75) is 25.4 Å². The molecule has 3 heterocycles. The van der Waals surface area contributed by atoms with Crippen molar-refractivity contribution < 1.29 is 13.7 Å². The maximum Gasteiger partial charge on any atom is 0.290 e. The molecule has 7 heteroatoms. The first-order valence-electron chi connectivity index (χ1n) is 7.55. The lowest BCUT2D eigenvalue weighted by Gasteiger charge is -2.20. The minimum Gasteiger partial charge on any atom is -0.464 e. The second-order valence-corrected chi connectivity index (χ2v) is 5.71. The molecule has 1 aliphatic rings. The van der Waals surface area contributed by atoms with Crippen molar-refractivity contribution in [3.8, 4) is 0 Å². The number of likely N-dealkylation sites (tertiary alicyclic amines) is 1. The highest BCUT2D eigenvalue weighted by atomic mass is 16.5. The van der Waals surface area contributed by atoms with E-state index in [0.717, 1.165) is 42.5 Å². The SMILES string of the molecule is NC(=O)c1noc([C@@H]2CCCN2Cc2coc3ccccc23)n1. The average molecular weight is 312 g/mol. The summed E-state index contributed by atoms with van der Waals surface area (Å²) in [5, 5.41) is 4.75. The monoisotopic (exact) mass is 312 g/mol. The number of nitrogens with two attached hydrogens (primary N) is 1. The fraction of sp³-hybridized carbons (Fsp3) is 0.312. The van der Waals surface area contributed by atoms with Crippen LogP contribution in [0.15, 0.2) is 39.5 Å². The zero-order chi connectivity index (χ0) is 15.8. The van der Waals surface area contributed by atoms with Crippen molar-refractivity contribution in [2.24, 2.45) is 5.73 Å². The van der Waals surface area contributed by atoms with Gasteiger partial charge in [0.25, 0.3) is 11.7 Å². The topological polar surface area (TPSA) is 98.4 Å². The van der Waals surface area contributed by atoms with Crippen LogP contribution in [0.2, 0.25) is 0 Å².